The summed E-state index contributed by atoms with van der Waals surface area (Å²) in [5.41, 5.74) is 2.47. The number of nitrogens with one attached hydrogen (secondary N) is 1. The Balaban J connectivity index is 2.00. The predicted octanol–water partition coefficient (Wildman–Crippen LogP) is 1.89. The molecule has 0 saturated carbocycles. The summed E-state index contributed by atoms with van der Waals surface area (Å²) in [5, 5.41) is 12.0. The Morgan fingerprint density at radius 1 is 1.18 bits per heavy atom. The van der Waals surface area contributed by atoms with E-state index in [1.807, 2.05) is 0 Å². The fourth-order valence-corrected chi connectivity index (χ4v) is 2.21. The molecule has 1 aliphatic rings. The van der Waals surface area contributed by atoms with Gasteiger partial charge >= 0.3 is 0 Å². The summed E-state index contributed by atoms with van der Waals surface area (Å²) in [4.78, 5) is 0. The first-order valence-electron chi connectivity index (χ1n) is 6.30. The minimum atomic E-state index is 0.139. The van der Waals surface area contributed by atoms with Gasteiger partial charge in [-0.15, -0.1) is 0 Å². The van der Waals surface area contributed by atoms with Crippen LogP contribution in [-0.2, 0) is 0 Å². The molecule has 1 heterocycles. The number of rotatable bonds is 2. The van der Waals surface area contributed by atoms with Crippen LogP contribution in [0, 0.1) is 11.8 Å². The summed E-state index contributed by atoms with van der Waals surface area (Å²) in [5.74, 6) is 6.70. The maximum absolute atomic E-state index is 8.65. The van der Waals surface area contributed by atoms with E-state index in [2.05, 4.69) is 41.4 Å². The van der Waals surface area contributed by atoms with Crippen LogP contribution in [0.15, 0.2) is 24.3 Å². The molecule has 2 rings (SSSR count). The van der Waals surface area contributed by atoms with Crippen LogP contribution in [0.2, 0.25) is 0 Å². The topological polar surface area (TPSA) is 32.3 Å². The van der Waals surface area contributed by atoms with Gasteiger partial charge < -0.3 is 10.4 Å². The molecule has 1 saturated heterocycles. The molecule has 90 valence electrons. The molecule has 0 atom stereocenters. The van der Waals surface area contributed by atoms with E-state index >= 15 is 0 Å². The molecule has 0 aliphatic carbocycles. The zero-order valence-electron chi connectivity index (χ0n) is 10.1. The molecular weight excluding hydrogens is 210 g/mol. The van der Waals surface area contributed by atoms with E-state index in [1.54, 1.807) is 0 Å². The minimum absolute atomic E-state index is 0.139. The molecule has 0 radical (unpaired) electrons. The van der Waals surface area contributed by atoms with Gasteiger partial charge in [0.05, 0.1) is 6.61 Å². The van der Waals surface area contributed by atoms with Gasteiger partial charge in [-0.3, -0.25) is 0 Å². The number of piperidine rings is 1. The van der Waals surface area contributed by atoms with E-state index in [9.17, 15) is 0 Å². The van der Waals surface area contributed by atoms with Crippen LogP contribution in [0.25, 0.3) is 0 Å². The Hall–Kier alpha value is -1.30. The third kappa shape index (κ3) is 3.59. The Labute approximate surface area is 103 Å². The average molecular weight is 229 g/mol. The fourth-order valence-electron chi connectivity index (χ4n) is 2.21. The van der Waals surface area contributed by atoms with Gasteiger partial charge in [0.2, 0.25) is 0 Å². The highest BCUT2D eigenvalue weighted by Gasteiger charge is 2.14. The first-order valence-corrected chi connectivity index (χ1v) is 6.30. The smallest absolute Gasteiger partial charge is 0.0540 e. The molecule has 2 N–H and O–H groups in total. The fraction of sp³-hybridized carbons (Fsp3) is 0.467. The lowest BCUT2D eigenvalue weighted by Gasteiger charge is -2.22. The first-order chi connectivity index (χ1) is 8.40. The Morgan fingerprint density at radius 3 is 2.53 bits per heavy atom. The first kappa shape index (κ1) is 12.2. The zero-order valence-corrected chi connectivity index (χ0v) is 10.1. The third-order valence-corrected chi connectivity index (χ3v) is 3.19. The van der Waals surface area contributed by atoms with E-state index in [-0.39, 0.29) is 6.61 Å². The molecule has 0 aromatic heterocycles. The lowest BCUT2D eigenvalue weighted by molar-refractivity contribution is 0.305. The minimum Gasteiger partial charge on any atom is -0.395 e. The number of aliphatic hydroxyl groups excluding tert-OH is 1. The molecule has 1 fully saturated rings. The SMILES string of the molecule is OCCC#Cc1ccc(C2CCNCC2)cc1. The standard InChI is InChI=1S/C15H19NO/c17-12-2-1-3-13-4-6-14(7-5-13)15-8-10-16-11-9-15/h4-7,15-17H,2,8-12H2. The molecule has 1 aromatic rings. The van der Waals surface area contributed by atoms with Crippen molar-refractivity contribution in [1.29, 1.82) is 0 Å². The van der Waals surface area contributed by atoms with Crippen molar-refractivity contribution >= 4 is 0 Å². The largest absolute Gasteiger partial charge is 0.395 e. The number of hydrogen-bond donors (Lipinski definition) is 2. The van der Waals surface area contributed by atoms with Crippen LogP contribution in [-0.4, -0.2) is 24.8 Å². The van der Waals surface area contributed by atoms with Gasteiger partial charge in [-0.2, -0.15) is 0 Å². The molecule has 1 aromatic carbocycles. The molecule has 17 heavy (non-hydrogen) atoms. The summed E-state index contributed by atoms with van der Waals surface area (Å²) in [6.45, 7) is 2.39. The van der Waals surface area contributed by atoms with Crippen molar-refractivity contribution in [3.8, 4) is 11.8 Å². The Bertz CT molecular complexity index is 393. The number of benzene rings is 1. The van der Waals surface area contributed by atoms with Crippen molar-refractivity contribution in [2.24, 2.45) is 0 Å². The van der Waals surface area contributed by atoms with Crippen LogP contribution >= 0.6 is 0 Å². The summed E-state index contributed by atoms with van der Waals surface area (Å²) in [6, 6.07) is 8.56. The zero-order chi connectivity index (χ0) is 11.9. The second kappa shape index (κ2) is 6.44. The maximum atomic E-state index is 8.65. The molecule has 2 heteroatoms. The molecule has 0 bridgehead atoms. The summed E-state index contributed by atoms with van der Waals surface area (Å²) in [7, 11) is 0. The van der Waals surface area contributed by atoms with Crippen LogP contribution in [0.1, 0.15) is 36.3 Å². The highest BCUT2D eigenvalue weighted by Crippen LogP contribution is 2.24. The average Bonchev–Trinajstić information content (AvgIpc) is 2.41. The van der Waals surface area contributed by atoms with Crippen molar-refractivity contribution < 1.29 is 5.11 Å². The van der Waals surface area contributed by atoms with Crippen molar-refractivity contribution in [2.75, 3.05) is 19.7 Å². The summed E-state index contributed by atoms with van der Waals surface area (Å²) >= 11 is 0. The molecular formula is C15H19NO. The maximum Gasteiger partial charge on any atom is 0.0540 e. The Morgan fingerprint density at radius 2 is 1.88 bits per heavy atom. The highest BCUT2D eigenvalue weighted by molar-refractivity contribution is 5.37. The second-order valence-electron chi connectivity index (χ2n) is 4.42. The van der Waals surface area contributed by atoms with E-state index in [0.717, 1.165) is 18.7 Å². The Kier molecular flexibility index (Phi) is 4.61. The third-order valence-electron chi connectivity index (χ3n) is 3.19. The molecule has 0 amide bonds. The monoisotopic (exact) mass is 229 g/mol. The van der Waals surface area contributed by atoms with E-state index < -0.39 is 0 Å². The van der Waals surface area contributed by atoms with E-state index in [4.69, 9.17) is 5.11 Å². The van der Waals surface area contributed by atoms with Crippen LogP contribution in [0.4, 0.5) is 0 Å². The predicted molar refractivity (Wildman–Crippen MR) is 69.9 cm³/mol. The number of hydrogen-bond acceptors (Lipinski definition) is 2. The van der Waals surface area contributed by atoms with Crippen molar-refractivity contribution in [3.05, 3.63) is 35.4 Å². The second-order valence-corrected chi connectivity index (χ2v) is 4.42. The van der Waals surface area contributed by atoms with E-state index in [1.165, 1.54) is 18.4 Å². The van der Waals surface area contributed by atoms with Gasteiger partial charge in [-0.1, -0.05) is 24.0 Å². The van der Waals surface area contributed by atoms with Gasteiger partial charge in [-0.05, 0) is 49.5 Å². The van der Waals surface area contributed by atoms with E-state index in [0.29, 0.717) is 12.3 Å². The summed E-state index contributed by atoms with van der Waals surface area (Å²) in [6.07, 6.45) is 3.02. The highest BCUT2D eigenvalue weighted by atomic mass is 16.2. The van der Waals surface area contributed by atoms with Crippen molar-refractivity contribution in [1.82, 2.24) is 5.32 Å². The van der Waals surface area contributed by atoms with Crippen LogP contribution < -0.4 is 5.32 Å². The van der Waals surface area contributed by atoms with Gasteiger partial charge in [0, 0.05) is 12.0 Å². The van der Waals surface area contributed by atoms with Gasteiger partial charge in [-0.25, -0.2) is 0 Å². The molecule has 0 spiro atoms. The molecule has 2 nitrogen and oxygen atoms in total. The van der Waals surface area contributed by atoms with Crippen LogP contribution in [0.3, 0.4) is 0 Å². The quantitative estimate of drug-likeness (QED) is 0.759. The molecule has 0 unspecified atom stereocenters. The van der Waals surface area contributed by atoms with Crippen LogP contribution in [0.5, 0.6) is 0 Å². The lowest BCUT2D eigenvalue weighted by Crippen LogP contribution is -2.26. The van der Waals surface area contributed by atoms with Gasteiger partial charge in [0.15, 0.2) is 0 Å². The lowest BCUT2D eigenvalue weighted by atomic mass is 9.90. The van der Waals surface area contributed by atoms with Gasteiger partial charge in [0.1, 0.15) is 0 Å². The van der Waals surface area contributed by atoms with Crippen molar-refractivity contribution in [2.45, 2.75) is 25.2 Å². The summed E-state index contributed by atoms with van der Waals surface area (Å²) < 4.78 is 0. The van der Waals surface area contributed by atoms with Gasteiger partial charge in [0.25, 0.3) is 0 Å². The normalized spacial score (nSPS) is 16.3. The molecule has 1 aliphatic heterocycles. The van der Waals surface area contributed by atoms with Crippen molar-refractivity contribution in [3.63, 3.8) is 0 Å². The number of aliphatic hydroxyl groups is 1.